The number of nitrogens with one attached hydrogen (secondary N) is 1. The van der Waals surface area contributed by atoms with Crippen molar-refractivity contribution >= 4 is 10.9 Å². The highest BCUT2D eigenvalue weighted by molar-refractivity contribution is 5.85. The second-order valence-corrected chi connectivity index (χ2v) is 4.23. The number of rotatable bonds is 3. The minimum absolute atomic E-state index is 1.12. The van der Waals surface area contributed by atoms with E-state index in [1.165, 1.54) is 34.1 Å². The van der Waals surface area contributed by atoms with Gasteiger partial charge in [0.15, 0.2) is 0 Å². The predicted octanol–water partition coefficient (Wildman–Crippen LogP) is 3.99. The zero-order valence-electron chi connectivity index (χ0n) is 9.85. The summed E-state index contributed by atoms with van der Waals surface area (Å²) in [7, 11) is 0. The van der Waals surface area contributed by atoms with Crippen LogP contribution < -0.4 is 0 Å². The lowest BCUT2D eigenvalue weighted by Gasteiger charge is -1.99. The number of fused-ring (bicyclic) bond motifs is 1. The lowest BCUT2D eigenvalue weighted by Crippen LogP contribution is -1.89. The highest BCUT2D eigenvalue weighted by atomic mass is 14.7. The number of hydrogen-bond donors (Lipinski definition) is 1. The van der Waals surface area contributed by atoms with E-state index in [0.717, 1.165) is 12.8 Å². The van der Waals surface area contributed by atoms with Crippen LogP contribution in [0, 0.1) is 6.92 Å². The highest BCUT2D eigenvalue weighted by Gasteiger charge is 2.08. The Hall–Kier alpha value is -1.24. The summed E-state index contributed by atoms with van der Waals surface area (Å²) in [4.78, 5) is 3.54. The Labute approximate surface area is 91.5 Å². The van der Waals surface area contributed by atoms with Crippen LogP contribution in [0.25, 0.3) is 10.9 Å². The van der Waals surface area contributed by atoms with Gasteiger partial charge in [-0.05, 0) is 37.5 Å². The molecule has 80 valence electrons. The number of benzene rings is 1. The van der Waals surface area contributed by atoms with Crippen molar-refractivity contribution in [3.63, 3.8) is 0 Å². The molecule has 1 aromatic carbocycles. The monoisotopic (exact) mass is 201 g/mol. The maximum Gasteiger partial charge on any atom is 0.0459 e. The molecular weight excluding hydrogens is 182 g/mol. The Morgan fingerprint density at radius 2 is 2.00 bits per heavy atom. The van der Waals surface area contributed by atoms with Crippen LogP contribution in [0.1, 0.15) is 37.1 Å². The third-order valence-electron chi connectivity index (χ3n) is 3.00. The third kappa shape index (κ3) is 1.79. The Morgan fingerprint density at radius 1 is 1.20 bits per heavy atom. The maximum atomic E-state index is 3.54. The molecule has 0 fully saturated rings. The second-order valence-electron chi connectivity index (χ2n) is 4.23. The minimum atomic E-state index is 1.12. The normalized spacial score (nSPS) is 11.1. The number of hydrogen-bond acceptors (Lipinski definition) is 0. The van der Waals surface area contributed by atoms with E-state index in [4.69, 9.17) is 0 Å². The van der Waals surface area contributed by atoms with Gasteiger partial charge in [-0.1, -0.05) is 31.9 Å². The molecule has 0 unspecified atom stereocenters. The van der Waals surface area contributed by atoms with E-state index in [2.05, 4.69) is 44.0 Å². The summed E-state index contributed by atoms with van der Waals surface area (Å²) in [6, 6.07) is 6.67. The number of aryl methyl sites for hydroxylation is 3. The fourth-order valence-electron chi connectivity index (χ4n) is 2.28. The fraction of sp³-hybridized carbons (Fsp3) is 0.429. The molecular formula is C14H19N. The van der Waals surface area contributed by atoms with Crippen molar-refractivity contribution in [1.82, 2.24) is 4.98 Å². The average Bonchev–Trinajstić information content (AvgIpc) is 2.55. The summed E-state index contributed by atoms with van der Waals surface area (Å²) < 4.78 is 0. The smallest absolute Gasteiger partial charge is 0.0459 e. The predicted molar refractivity (Wildman–Crippen MR) is 66.4 cm³/mol. The van der Waals surface area contributed by atoms with Crippen LogP contribution in [0.2, 0.25) is 0 Å². The standard InChI is InChI=1S/C14H19N/c1-4-6-13-11(5-2)12-9-10(3)7-8-14(12)15-13/h7-9,15H,4-6H2,1-3H3. The Bertz CT molecular complexity index is 465. The summed E-state index contributed by atoms with van der Waals surface area (Å²) >= 11 is 0. The van der Waals surface area contributed by atoms with Crippen molar-refractivity contribution < 1.29 is 0 Å². The van der Waals surface area contributed by atoms with Crippen LogP contribution in [0.5, 0.6) is 0 Å². The first-order valence-corrected chi connectivity index (χ1v) is 5.86. The molecule has 1 aromatic heterocycles. The van der Waals surface area contributed by atoms with Gasteiger partial charge in [-0.15, -0.1) is 0 Å². The van der Waals surface area contributed by atoms with Crippen LogP contribution >= 0.6 is 0 Å². The lowest BCUT2D eigenvalue weighted by atomic mass is 10.0. The van der Waals surface area contributed by atoms with Crippen LogP contribution in [-0.4, -0.2) is 4.98 Å². The molecule has 0 aliphatic rings. The van der Waals surface area contributed by atoms with Gasteiger partial charge >= 0.3 is 0 Å². The minimum Gasteiger partial charge on any atom is -0.358 e. The zero-order valence-corrected chi connectivity index (χ0v) is 9.85. The molecule has 1 heterocycles. The fourth-order valence-corrected chi connectivity index (χ4v) is 2.28. The van der Waals surface area contributed by atoms with Crippen LogP contribution in [0.15, 0.2) is 18.2 Å². The summed E-state index contributed by atoms with van der Waals surface area (Å²) in [5.74, 6) is 0. The molecule has 0 aliphatic carbocycles. The molecule has 0 aliphatic heterocycles. The molecule has 0 amide bonds. The molecule has 1 nitrogen and oxygen atoms in total. The highest BCUT2D eigenvalue weighted by Crippen LogP contribution is 2.24. The average molecular weight is 201 g/mol. The van der Waals surface area contributed by atoms with E-state index >= 15 is 0 Å². The number of aromatic amines is 1. The van der Waals surface area contributed by atoms with E-state index < -0.39 is 0 Å². The van der Waals surface area contributed by atoms with Gasteiger partial charge in [0.1, 0.15) is 0 Å². The van der Waals surface area contributed by atoms with Crippen LogP contribution in [0.3, 0.4) is 0 Å². The Kier molecular flexibility index (Phi) is 2.81. The second kappa shape index (κ2) is 4.09. The topological polar surface area (TPSA) is 15.8 Å². The van der Waals surface area contributed by atoms with Crippen molar-refractivity contribution in [3.8, 4) is 0 Å². The first-order chi connectivity index (χ1) is 7.26. The van der Waals surface area contributed by atoms with Crippen LogP contribution in [-0.2, 0) is 12.8 Å². The van der Waals surface area contributed by atoms with Gasteiger partial charge in [0, 0.05) is 16.6 Å². The van der Waals surface area contributed by atoms with Crippen molar-refractivity contribution in [2.75, 3.05) is 0 Å². The van der Waals surface area contributed by atoms with Gasteiger partial charge in [-0.2, -0.15) is 0 Å². The molecule has 1 N–H and O–H groups in total. The van der Waals surface area contributed by atoms with Gasteiger partial charge < -0.3 is 4.98 Å². The van der Waals surface area contributed by atoms with Gasteiger partial charge in [-0.3, -0.25) is 0 Å². The SMILES string of the molecule is CCCc1[nH]c2ccc(C)cc2c1CC. The third-order valence-corrected chi connectivity index (χ3v) is 3.00. The summed E-state index contributed by atoms with van der Waals surface area (Å²) in [6.45, 7) is 6.63. The van der Waals surface area contributed by atoms with Gasteiger partial charge in [0.05, 0.1) is 0 Å². The van der Waals surface area contributed by atoms with Gasteiger partial charge in [0.25, 0.3) is 0 Å². The van der Waals surface area contributed by atoms with Gasteiger partial charge in [-0.25, -0.2) is 0 Å². The maximum absolute atomic E-state index is 3.54. The molecule has 0 radical (unpaired) electrons. The van der Waals surface area contributed by atoms with E-state index in [0.29, 0.717) is 0 Å². The largest absolute Gasteiger partial charge is 0.358 e. The Balaban J connectivity index is 2.63. The molecule has 2 aromatic rings. The van der Waals surface area contributed by atoms with E-state index in [-0.39, 0.29) is 0 Å². The summed E-state index contributed by atoms with van der Waals surface area (Å²) in [5, 5.41) is 1.42. The van der Waals surface area contributed by atoms with Crippen molar-refractivity contribution in [2.24, 2.45) is 0 Å². The quantitative estimate of drug-likeness (QED) is 0.772. The van der Waals surface area contributed by atoms with E-state index in [1.807, 2.05) is 0 Å². The molecule has 0 spiro atoms. The molecule has 15 heavy (non-hydrogen) atoms. The molecule has 0 saturated carbocycles. The molecule has 0 bridgehead atoms. The van der Waals surface area contributed by atoms with Crippen molar-refractivity contribution in [2.45, 2.75) is 40.0 Å². The summed E-state index contributed by atoms with van der Waals surface area (Å²) in [5.41, 5.74) is 5.58. The first-order valence-electron chi connectivity index (χ1n) is 5.86. The van der Waals surface area contributed by atoms with E-state index in [1.54, 1.807) is 0 Å². The summed E-state index contributed by atoms with van der Waals surface area (Å²) in [6.07, 6.45) is 3.49. The van der Waals surface area contributed by atoms with Crippen molar-refractivity contribution in [1.29, 1.82) is 0 Å². The van der Waals surface area contributed by atoms with Gasteiger partial charge in [0.2, 0.25) is 0 Å². The van der Waals surface area contributed by atoms with E-state index in [9.17, 15) is 0 Å². The molecule has 1 heteroatoms. The lowest BCUT2D eigenvalue weighted by molar-refractivity contribution is 0.877. The Morgan fingerprint density at radius 3 is 2.67 bits per heavy atom. The molecule has 2 rings (SSSR count). The van der Waals surface area contributed by atoms with Crippen molar-refractivity contribution in [3.05, 3.63) is 35.0 Å². The zero-order chi connectivity index (χ0) is 10.8. The van der Waals surface area contributed by atoms with Crippen LogP contribution in [0.4, 0.5) is 0 Å². The number of aromatic nitrogens is 1. The first kappa shape index (κ1) is 10.3. The molecule has 0 atom stereocenters. The number of H-pyrrole nitrogens is 1. The molecule has 0 saturated heterocycles.